The lowest BCUT2D eigenvalue weighted by molar-refractivity contribution is -0.140. The number of carbonyl (C=O) groups is 1. The van der Waals surface area contributed by atoms with Gasteiger partial charge in [-0.05, 0) is 12.8 Å². The van der Waals surface area contributed by atoms with Crippen LogP contribution in [0, 0.1) is 0 Å². The Labute approximate surface area is 79.8 Å². The number of hydrogen-bond acceptors (Lipinski definition) is 2. The highest BCUT2D eigenvalue weighted by molar-refractivity contribution is 7.82. The Kier molecular flexibility index (Phi) is 5.38. The average molecular weight is 190 g/mol. The molecule has 3 heteroatoms. The number of aliphatic carboxylic acids is 1. The van der Waals surface area contributed by atoms with Crippen LogP contribution in [0.4, 0.5) is 0 Å². The van der Waals surface area contributed by atoms with Crippen molar-refractivity contribution in [3.05, 3.63) is 0 Å². The summed E-state index contributed by atoms with van der Waals surface area (Å²) in [5.74, 6) is -0.788. The van der Waals surface area contributed by atoms with Gasteiger partial charge in [0.25, 0.3) is 0 Å². The molecule has 0 heterocycles. The Morgan fingerprint density at radius 3 is 2.33 bits per heavy atom. The van der Waals surface area contributed by atoms with Crippen molar-refractivity contribution in [2.45, 2.75) is 50.7 Å². The van der Waals surface area contributed by atoms with Gasteiger partial charge in [0.15, 0.2) is 0 Å². The first-order valence-corrected chi connectivity index (χ1v) is 4.97. The summed E-state index contributed by atoms with van der Waals surface area (Å²) in [7, 11) is 0. The number of carboxylic acids is 1. The molecule has 0 saturated carbocycles. The molecule has 2 nitrogen and oxygen atoms in total. The minimum atomic E-state index is -0.796. The molecule has 0 bridgehead atoms. The molecule has 0 rings (SSSR count). The Morgan fingerprint density at radius 1 is 1.42 bits per heavy atom. The van der Waals surface area contributed by atoms with E-state index in [1.165, 1.54) is 0 Å². The third-order valence-corrected chi connectivity index (χ3v) is 2.91. The first-order valence-electron chi connectivity index (χ1n) is 4.52. The summed E-state index contributed by atoms with van der Waals surface area (Å²) in [5, 5.41) is 8.86. The van der Waals surface area contributed by atoms with Crippen molar-refractivity contribution in [3.63, 3.8) is 0 Å². The van der Waals surface area contributed by atoms with Gasteiger partial charge in [0.05, 0.1) is 0 Å². The van der Waals surface area contributed by atoms with Gasteiger partial charge in [0, 0.05) is 0 Å². The molecular formula is C9H18O2S. The molecule has 0 aromatic carbocycles. The molecule has 1 atom stereocenters. The van der Waals surface area contributed by atoms with Crippen LogP contribution < -0.4 is 0 Å². The largest absolute Gasteiger partial charge is 0.480 e. The zero-order valence-corrected chi connectivity index (χ0v) is 8.73. The Bertz CT molecular complexity index is 147. The maximum atomic E-state index is 10.8. The second-order valence-corrected chi connectivity index (χ2v) is 4.00. The molecule has 0 aliphatic carbocycles. The van der Waals surface area contributed by atoms with Crippen molar-refractivity contribution < 1.29 is 9.90 Å². The molecular weight excluding hydrogens is 172 g/mol. The van der Waals surface area contributed by atoms with Crippen LogP contribution in [0.15, 0.2) is 0 Å². The standard InChI is InChI=1S/C9H18O2S/c1-3-5-6-7-9(12,4-2)8(10)11/h12H,3-7H2,1-2H3,(H,10,11). The number of rotatable bonds is 6. The first-order chi connectivity index (χ1) is 5.56. The van der Waals surface area contributed by atoms with Crippen molar-refractivity contribution in [2.24, 2.45) is 0 Å². The van der Waals surface area contributed by atoms with E-state index in [4.69, 9.17) is 5.11 Å². The van der Waals surface area contributed by atoms with E-state index in [2.05, 4.69) is 19.6 Å². The predicted molar refractivity (Wildman–Crippen MR) is 53.8 cm³/mol. The highest BCUT2D eigenvalue weighted by Crippen LogP contribution is 2.26. The van der Waals surface area contributed by atoms with E-state index in [0.29, 0.717) is 12.8 Å². The molecule has 0 aliphatic heterocycles. The van der Waals surface area contributed by atoms with E-state index in [1.54, 1.807) is 0 Å². The van der Waals surface area contributed by atoms with E-state index in [0.717, 1.165) is 19.3 Å². The van der Waals surface area contributed by atoms with E-state index < -0.39 is 10.7 Å². The second kappa shape index (κ2) is 5.46. The summed E-state index contributed by atoms with van der Waals surface area (Å²) in [5.41, 5.74) is 0. The number of hydrogen-bond donors (Lipinski definition) is 2. The van der Waals surface area contributed by atoms with Gasteiger partial charge in [0.1, 0.15) is 4.75 Å². The second-order valence-electron chi connectivity index (χ2n) is 3.15. The minimum Gasteiger partial charge on any atom is -0.480 e. The SMILES string of the molecule is CCCCCC(S)(CC)C(=O)O. The van der Waals surface area contributed by atoms with Crippen molar-refractivity contribution in [2.75, 3.05) is 0 Å². The smallest absolute Gasteiger partial charge is 0.319 e. The molecule has 0 radical (unpaired) electrons. The van der Waals surface area contributed by atoms with Crippen LogP contribution >= 0.6 is 12.6 Å². The minimum absolute atomic E-state index is 0.592. The maximum Gasteiger partial charge on any atom is 0.319 e. The van der Waals surface area contributed by atoms with Gasteiger partial charge >= 0.3 is 5.97 Å². The highest BCUT2D eigenvalue weighted by atomic mass is 32.1. The summed E-state index contributed by atoms with van der Waals surface area (Å²) in [6, 6.07) is 0. The van der Waals surface area contributed by atoms with Crippen molar-refractivity contribution in [1.82, 2.24) is 0 Å². The van der Waals surface area contributed by atoms with Gasteiger partial charge in [-0.1, -0.05) is 33.1 Å². The van der Waals surface area contributed by atoms with E-state index in [9.17, 15) is 4.79 Å². The molecule has 1 unspecified atom stereocenters. The molecule has 0 aliphatic rings. The lowest BCUT2D eigenvalue weighted by Crippen LogP contribution is -2.31. The van der Waals surface area contributed by atoms with Crippen LogP contribution in [0.3, 0.4) is 0 Å². The molecule has 0 aromatic rings. The highest BCUT2D eigenvalue weighted by Gasteiger charge is 2.31. The fourth-order valence-corrected chi connectivity index (χ4v) is 1.26. The topological polar surface area (TPSA) is 37.3 Å². The summed E-state index contributed by atoms with van der Waals surface area (Å²) < 4.78 is -0.796. The number of carboxylic acid groups (broad SMARTS) is 1. The summed E-state index contributed by atoms with van der Waals surface area (Å²) in [4.78, 5) is 10.8. The van der Waals surface area contributed by atoms with Gasteiger partial charge in [-0.3, -0.25) is 4.79 Å². The third-order valence-electron chi connectivity index (χ3n) is 2.18. The van der Waals surface area contributed by atoms with Crippen LogP contribution in [-0.4, -0.2) is 15.8 Å². The Morgan fingerprint density at radius 2 is 2.00 bits per heavy atom. The molecule has 0 fully saturated rings. The molecule has 0 aromatic heterocycles. The number of thiol groups is 1. The van der Waals surface area contributed by atoms with Crippen molar-refractivity contribution >= 4 is 18.6 Å². The average Bonchev–Trinajstić information content (AvgIpc) is 2.04. The van der Waals surface area contributed by atoms with Gasteiger partial charge in [-0.2, -0.15) is 12.6 Å². The van der Waals surface area contributed by atoms with E-state index >= 15 is 0 Å². The predicted octanol–water partition coefficient (Wildman–Crippen LogP) is 2.73. The third kappa shape index (κ3) is 3.48. The zero-order valence-electron chi connectivity index (χ0n) is 7.84. The zero-order chi connectivity index (χ0) is 9.61. The fourth-order valence-electron chi connectivity index (χ4n) is 1.10. The van der Waals surface area contributed by atoms with Crippen LogP contribution in [0.1, 0.15) is 46.0 Å². The van der Waals surface area contributed by atoms with Gasteiger partial charge in [-0.25, -0.2) is 0 Å². The van der Waals surface area contributed by atoms with Crippen LogP contribution in [0.2, 0.25) is 0 Å². The van der Waals surface area contributed by atoms with Crippen molar-refractivity contribution in [1.29, 1.82) is 0 Å². The summed E-state index contributed by atoms with van der Waals surface area (Å²) in [6.07, 6.45) is 4.44. The molecule has 72 valence electrons. The Hall–Kier alpha value is -0.180. The Balaban J connectivity index is 3.88. The van der Waals surface area contributed by atoms with Gasteiger partial charge in [0.2, 0.25) is 0 Å². The van der Waals surface area contributed by atoms with E-state index in [1.807, 2.05) is 6.92 Å². The number of unbranched alkanes of at least 4 members (excludes halogenated alkanes) is 2. The molecule has 12 heavy (non-hydrogen) atoms. The summed E-state index contributed by atoms with van der Waals surface area (Å²) >= 11 is 4.19. The van der Waals surface area contributed by atoms with E-state index in [-0.39, 0.29) is 0 Å². The molecule has 0 saturated heterocycles. The van der Waals surface area contributed by atoms with Crippen molar-refractivity contribution in [3.8, 4) is 0 Å². The molecule has 1 N–H and O–H groups in total. The maximum absolute atomic E-state index is 10.8. The van der Waals surface area contributed by atoms with Crippen LogP contribution in [-0.2, 0) is 4.79 Å². The van der Waals surface area contributed by atoms with Gasteiger partial charge in [-0.15, -0.1) is 0 Å². The van der Waals surface area contributed by atoms with Crippen LogP contribution in [0.25, 0.3) is 0 Å². The molecule has 0 amide bonds. The summed E-state index contributed by atoms with van der Waals surface area (Å²) in [6.45, 7) is 3.97. The lowest BCUT2D eigenvalue weighted by atomic mass is 9.98. The first kappa shape index (κ1) is 11.8. The van der Waals surface area contributed by atoms with Gasteiger partial charge < -0.3 is 5.11 Å². The monoisotopic (exact) mass is 190 g/mol. The lowest BCUT2D eigenvalue weighted by Gasteiger charge is -2.21. The quantitative estimate of drug-likeness (QED) is 0.499. The van der Waals surface area contributed by atoms with Crippen LogP contribution in [0.5, 0.6) is 0 Å². The fraction of sp³-hybridized carbons (Fsp3) is 0.889. The normalized spacial score (nSPS) is 15.6. The molecule has 0 spiro atoms.